The lowest BCUT2D eigenvalue weighted by atomic mass is 9.93. The highest BCUT2D eigenvalue weighted by Gasteiger charge is 2.28. The molecule has 24 heavy (non-hydrogen) atoms. The van der Waals surface area contributed by atoms with Gasteiger partial charge in [-0.15, -0.1) is 0 Å². The summed E-state index contributed by atoms with van der Waals surface area (Å²) in [4.78, 5) is 15.3. The zero-order chi connectivity index (χ0) is 16.8. The molecule has 1 saturated heterocycles. The van der Waals surface area contributed by atoms with Crippen molar-refractivity contribution >= 4 is 5.96 Å². The van der Waals surface area contributed by atoms with Crippen molar-refractivity contribution in [2.45, 2.75) is 32.9 Å². The third-order valence-electron chi connectivity index (χ3n) is 4.52. The maximum Gasteiger partial charge on any atom is 0.194 e. The predicted octanol–water partition coefficient (Wildman–Crippen LogP) is 1.02. The van der Waals surface area contributed by atoms with E-state index in [9.17, 15) is 0 Å². The van der Waals surface area contributed by atoms with Crippen LogP contribution in [0.15, 0.2) is 36.4 Å². The van der Waals surface area contributed by atoms with Crippen LogP contribution < -0.4 is 5.32 Å². The minimum absolute atomic E-state index is 0.431. The molecule has 0 amide bonds. The Morgan fingerprint density at radius 2 is 2.25 bits per heavy atom. The molecule has 0 aromatic carbocycles. The summed E-state index contributed by atoms with van der Waals surface area (Å²) in [6, 6.07) is 0.431. The van der Waals surface area contributed by atoms with Gasteiger partial charge in [-0.1, -0.05) is 6.92 Å². The molecular weight excluding hydrogens is 304 g/mol. The zero-order valence-corrected chi connectivity index (χ0v) is 14.4. The van der Waals surface area contributed by atoms with Gasteiger partial charge in [-0.25, -0.2) is 9.97 Å². The van der Waals surface area contributed by atoms with Crippen LogP contribution in [-0.2, 0) is 6.54 Å². The number of hydrogen-bond donors (Lipinski definition) is 1. The zero-order valence-electron chi connectivity index (χ0n) is 14.4. The van der Waals surface area contributed by atoms with E-state index < -0.39 is 0 Å². The maximum atomic E-state index is 4.77. The van der Waals surface area contributed by atoms with Crippen molar-refractivity contribution < 1.29 is 0 Å². The first kappa shape index (κ1) is 16.5. The molecule has 1 fully saturated rings. The molecule has 3 rings (SSSR count). The van der Waals surface area contributed by atoms with Crippen LogP contribution in [0.2, 0.25) is 0 Å². The van der Waals surface area contributed by atoms with Crippen LogP contribution in [-0.4, -0.2) is 61.4 Å². The van der Waals surface area contributed by atoms with Crippen LogP contribution in [0.3, 0.4) is 0 Å². The number of hydrogen-bond acceptors (Lipinski definition) is 4. The molecule has 0 saturated carbocycles. The highest BCUT2D eigenvalue weighted by molar-refractivity contribution is 5.80. The molecule has 130 valence electrons. The Labute approximate surface area is 142 Å². The number of aromatic nitrogens is 5. The van der Waals surface area contributed by atoms with E-state index in [-0.39, 0.29) is 0 Å². The number of guanidine groups is 1. The number of likely N-dealkylation sites (tertiary alicyclic amines) is 1. The monoisotopic (exact) mass is 330 g/mol. The summed E-state index contributed by atoms with van der Waals surface area (Å²) in [5.74, 6) is 1.61. The summed E-state index contributed by atoms with van der Waals surface area (Å²) in [5.41, 5.74) is 0. The number of aliphatic imine (C=N–C) groups is 1. The van der Waals surface area contributed by atoms with Gasteiger partial charge in [0, 0.05) is 32.0 Å². The van der Waals surface area contributed by atoms with Gasteiger partial charge < -0.3 is 14.8 Å². The van der Waals surface area contributed by atoms with Gasteiger partial charge in [0.1, 0.15) is 12.7 Å². The summed E-state index contributed by atoms with van der Waals surface area (Å²) in [7, 11) is 0. The quantitative estimate of drug-likeness (QED) is 0.654. The SMILES string of the molecule is CCNC(=NCCn1cncn1)N1CCC(C)C(n2ccnc2)C1. The molecule has 0 bridgehead atoms. The Balaban J connectivity index is 1.66. The second-order valence-electron chi connectivity index (χ2n) is 6.18. The molecular formula is C16H26N8. The largest absolute Gasteiger partial charge is 0.357 e. The Morgan fingerprint density at radius 1 is 1.33 bits per heavy atom. The van der Waals surface area contributed by atoms with Gasteiger partial charge >= 0.3 is 0 Å². The number of piperidine rings is 1. The molecule has 1 aliphatic rings. The van der Waals surface area contributed by atoms with Crippen LogP contribution >= 0.6 is 0 Å². The average molecular weight is 330 g/mol. The predicted molar refractivity (Wildman–Crippen MR) is 92.6 cm³/mol. The standard InChI is InChI=1S/C16H26N8/c1-3-19-16(20-6-9-24-13-18-11-21-24)22-7-4-14(2)15(10-22)23-8-5-17-12-23/h5,8,11-15H,3-4,6-7,9-10H2,1-2H3,(H,19,20). The van der Waals surface area contributed by atoms with E-state index in [4.69, 9.17) is 4.99 Å². The summed E-state index contributed by atoms with van der Waals surface area (Å²) in [5, 5.41) is 7.54. The summed E-state index contributed by atoms with van der Waals surface area (Å²) in [6.07, 6.45) is 10.2. The van der Waals surface area contributed by atoms with Crippen molar-refractivity contribution in [2.24, 2.45) is 10.9 Å². The Kier molecular flexibility index (Phi) is 5.45. The Bertz CT molecular complexity index is 619. The number of rotatable bonds is 5. The molecule has 2 aromatic rings. The van der Waals surface area contributed by atoms with E-state index in [0.717, 1.165) is 38.6 Å². The first-order chi connectivity index (χ1) is 11.8. The van der Waals surface area contributed by atoms with E-state index in [1.165, 1.54) is 0 Å². The smallest absolute Gasteiger partial charge is 0.194 e. The lowest BCUT2D eigenvalue weighted by molar-refractivity contribution is 0.189. The van der Waals surface area contributed by atoms with Crippen LogP contribution in [0, 0.1) is 5.92 Å². The van der Waals surface area contributed by atoms with E-state index in [2.05, 4.69) is 49.9 Å². The van der Waals surface area contributed by atoms with Gasteiger partial charge in [-0.3, -0.25) is 9.67 Å². The lowest BCUT2D eigenvalue weighted by Crippen LogP contribution is -2.49. The highest BCUT2D eigenvalue weighted by Crippen LogP contribution is 2.27. The molecule has 2 atom stereocenters. The van der Waals surface area contributed by atoms with Crippen LogP contribution in [0.4, 0.5) is 0 Å². The first-order valence-corrected chi connectivity index (χ1v) is 8.61. The first-order valence-electron chi connectivity index (χ1n) is 8.61. The molecule has 0 radical (unpaired) electrons. The normalized spacial score (nSPS) is 21.9. The Morgan fingerprint density at radius 3 is 2.96 bits per heavy atom. The summed E-state index contributed by atoms with van der Waals surface area (Å²) >= 11 is 0. The number of imidazole rings is 1. The Hall–Kier alpha value is -2.38. The van der Waals surface area contributed by atoms with Crippen molar-refractivity contribution in [2.75, 3.05) is 26.2 Å². The molecule has 2 unspecified atom stereocenters. The minimum atomic E-state index is 0.431. The van der Waals surface area contributed by atoms with Gasteiger partial charge in [0.25, 0.3) is 0 Å². The van der Waals surface area contributed by atoms with Crippen molar-refractivity contribution in [1.29, 1.82) is 0 Å². The third kappa shape index (κ3) is 3.93. The molecule has 3 heterocycles. The lowest BCUT2D eigenvalue weighted by Gasteiger charge is -2.39. The molecule has 1 aliphatic heterocycles. The number of nitrogens with zero attached hydrogens (tertiary/aromatic N) is 7. The van der Waals surface area contributed by atoms with Gasteiger partial charge in [-0.05, 0) is 19.3 Å². The van der Waals surface area contributed by atoms with Crippen LogP contribution in [0.1, 0.15) is 26.3 Å². The topological polar surface area (TPSA) is 76.2 Å². The molecule has 2 aromatic heterocycles. The highest BCUT2D eigenvalue weighted by atomic mass is 15.3. The van der Waals surface area contributed by atoms with Gasteiger partial charge in [0.2, 0.25) is 0 Å². The molecule has 0 aliphatic carbocycles. The van der Waals surface area contributed by atoms with Crippen LogP contribution in [0.5, 0.6) is 0 Å². The van der Waals surface area contributed by atoms with Crippen molar-refractivity contribution in [1.82, 2.24) is 34.5 Å². The average Bonchev–Trinajstić information content (AvgIpc) is 3.28. The van der Waals surface area contributed by atoms with Crippen molar-refractivity contribution in [3.8, 4) is 0 Å². The van der Waals surface area contributed by atoms with Gasteiger partial charge in [-0.2, -0.15) is 5.10 Å². The molecule has 8 heteroatoms. The van der Waals surface area contributed by atoms with Crippen molar-refractivity contribution in [3.63, 3.8) is 0 Å². The van der Waals surface area contributed by atoms with E-state index in [1.807, 2.05) is 12.5 Å². The number of nitrogens with one attached hydrogen (secondary N) is 1. The summed E-state index contributed by atoms with van der Waals surface area (Å²) < 4.78 is 4.02. The minimum Gasteiger partial charge on any atom is -0.357 e. The fourth-order valence-electron chi connectivity index (χ4n) is 3.13. The fourth-order valence-corrected chi connectivity index (χ4v) is 3.13. The molecule has 0 spiro atoms. The van der Waals surface area contributed by atoms with E-state index in [0.29, 0.717) is 18.5 Å². The van der Waals surface area contributed by atoms with Crippen molar-refractivity contribution in [3.05, 3.63) is 31.4 Å². The van der Waals surface area contributed by atoms with Gasteiger partial charge in [0.15, 0.2) is 5.96 Å². The maximum absolute atomic E-state index is 4.77. The second kappa shape index (κ2) is 7.94. The third-order valence-corrected chi connectivity index (χ3v) is 4.52. The molecule has 1 N–H and O–H groups in total. The fraction of sp³-hybridized carbons (Fsp3) is 0.625. The molecule has 8 nitrogen and oxygen atoms in total. The second-order valence-corrected chi connectivity index (χ2v) is 6.18. The summed E-state index contributed by atoms with van der Waals surface area (Å²) in [6.45, 7) is 8.69. The van der Waals surface area contributed by atoms with Gasteiger partial charge in [0.05, 0.1) is 25.5 Å². The van der Waals surface area contributed by atoms with Crippen LogP contribution in [0.25, 0.3) is 0 Å². The van der Waals surface area contributed by atoms with E-state index >= 15 is 0 Å². The van der Waals surface area contributed by atoms with E-state index in [1.54, 1.807) is 17.3 Å².